The van der Waals surface area contributed by atoms with Gasteiger partial charge in [-0.1, -0.05) is 17.7 Å². The summed E-state index contributed by atoms with van der Waals surface area (Å²) >= 11 is 0. The number of carbonyl (C=O) groups excluding carboxylic acids is 3. The van der Waals surface area contributed by atoms with E-state index in [0.717, 1.165) is 11.9 Å². The molecule has 0 aliphatic carbocycles. The Hall–Kier alpha value is -1.91. The molecule has 5 heteroatoms. The number of hydrogen-bond acceptors (Lipinski definition) is 5. The fourth-order valence-corrected chi connectivity index (χ4v) is 1.87. The zero-order chi connectivity index (χ0) is 15.6. The quantitative estimate of drug-likeness (QED) is 0.281. The molecule has 0 aromatic heterocycles. The Labute approximate surface area is 119 Å². The van der Waals surface area contributed by atoms with Crippen molar-refractivity contribution in [2.24, 2.45) is 5.41 Å². The second kappa shape index (κ2) is 9.07. The molecule has 0 heterocycles. The van der Waals surface area contributed by atoms with E-state index in [1.165, 1.54) is 20.3 Å². The topological polar surface area (TPSA) is 69.7 Å². The maximum absolute atomic E-state index is 12.0. The van der Waals surface area contributed by atoms with E-state index >= 15 is 0 Å². The first-order valence-electron chi connectivity index (χ1n) is 6.35. The van der Waals surface area contributed by atoms with E-state index in [1.54, 1.807) is 6.08 Å². The molecule has 0 bridgehead atoms. The Bertz CT molecular complexity index is 379. The molecular formula is C15H22O5. The van der Waals surface area contributed by atoms with Gasteiger partial charge in [0.15, 0.2) is 5.41 Å². The molecule has 0 amide bonds. The first-order valence-corrected chi connectivity index (χ1v) is 6.35. The highest BCUT2D eigenvalue weighted by Gasteiger charge is 2.46. The first kappa shape index (κ1) is 18.1. The lowest BCUT2D eigenvalue weighted by atomic mass is 9.80. The number of allylic oxidation sites excluding steroid dienone is 3. The monoisotopic (exact) mass is 282 g/mol. The Morgan fingerprint density at radius 2 is 1.70 bits per heavy atom. The minimum atomic E-state index is -1.41. The van der Waals surface area contributed by atoms with Crippen LogP contribution >= 0.6 is 0 Å². The van der Waals surface area contributed by atoms with Gasteiger partial charge in [-0.15, -0.1) is 6.58 Å². The number of methoxy groups -OCH3 is 2. The van der Waals surface area contributed by atoms with Crippen LogP contribution in [0.1, 0.15) is 32.6 Å². The molecule has 5 nitrogen and oxygen atoms in total. The van der Waals surface area contributed by atoms with Crippen LogP contribution in [0.25, 0.3) is 0 Å². The van der Waals surface area contributed by atoms with Crippen LogP contribution in [0, 0.1) is 5.41 Å². The molecule has 0 spiro atoms. The third-order valence-corrected chi connectivity index (χ3v) is 3.10. The number of hydrogen-bond donors (Lipinski definition) is 0. The molecule has 0 aromatic rings. The number of aldehydes is 1. The zero-order valence-electron chi connectivity index (χ0n) is 12.3. The third kappa shape index (κ3) is 4.64. The molecule has 0 fully saturated rings. The van der Waals surface area contributed by atoms with Gasteiger partial charge in [-0.3, -0.25) is 9.59 Å². The maximum atomic E-state index is 12.0. The van der Waals surface area contributed by atoms with Gasteiger partial charge in [-0.2, -0.15) is 0 Å². The lowest BCUT2D eigenvalue weighted by Gasteiger charge is -2.26. The molecule has 0 saturated heterocycles. The van der Waals surface area contributed by atoms with Gasteiger partial charge in [0.1, 0.15) is 6.29 Å². The number of ether oxygens (including phenoxy) is 2. The zero-order valence-corrected chi connectivity index (χ0v) is 12.3. The fraction of sp³-hybridized carbons (Fsp3) is 0.533. The average molecular weight is 282 g/mol. The Morgan fingerprint density at radius 3 is 2.10 bits per heavy atom. The Kier molecular flexibility index (Phi) is 8.20. The van der Waals surface area contributed by atoms with Gasteiger partial charge in [0.25, 0.3) is 0 Å². The first-order chi connectivity index (χ1) is 9.48. The van der Waals surface area contributed by atoms with E-state index in [0.29, 0.717) is 12.8 Å². The summed E-state index contributed by atoms with van der Waals surface area (Å²) in [6.45, 7) is 5.42. The van der Waals surface area contributed by atoms with Crippen LogP contribution < -0.4 is 0 Å². The molecule has 0 unspecified atom stereocenters. The van der Waals surface area contributed by atoms with Gasteiger partial charge in [0, 0.05) is 6.42 Å². The van der Waals surface area contributed by atoms with Gasteiger partial charge in [-0.25, -0.2) is 0 Å². The molecule has 0 aromatic carbocycles. The smallest absolute Gasteiger partial charge is 0.323 e. The van der Waals surface area contributed by atoms with E-state index < -0.39 is 17.4 Å². The molecule has 112 valence electrons. The molecule has 0 N–H and O–H groups in total. The van der Waals surface area contributed by atoms with Gasteiger partial charge in [0.05, 0.1) is 14.2 Å². The third-order valence-electron chi connectivity index (χ3n) is 3.10. The number of esters is 2. The minimum absolute atomic E-state index is 0.129. The van der Waals surface area contributed by atoms with Crippen molar-refractivity contribution >= 4 is 18.2 Å². The van der Waals surface area contributed by atoms with Crippen molar-refractivity contribution in [1.29, 1.82) is 0 Å². The van der Waals surface area contributed by atoms with E-state index in [4.69, 9.17) is 9.47 Å². The Balaban J connectivity index is 5.28. The lowest BCUT2D eigenvalue weighted by molar-refractivity contribution is -0.168. The summed E-state index contributed by atoms with van der Waals surface area (Å²) < 4.78 is 9.46. The average Bonchev–Trinajstić information content (AvgIpc) is 2.47. The van der Waals surface area contributed by atoms with Crippen molar-refractivity contribution in [1.82, 2.24) is 0 Å². The van der Waals surface area contributed by atoms with Crippen molar-refractivity contribution in [2.75, 3.05) is 14.2 Å². The standard InChI is InChI=1S/C15H22O5/c1-5-9-15(13(17)19-3,14(18)20-4)10-8-12(2)7-6-11-16/h5,8,11H,1,6-7,9-10H2,2-4H3/b12-8+. The van der Waals surface area contributed by atoms with E-state index in [-0.39, 0.29) is 12.8 Å². The molecule has 0 aliphatic rings. The summed E-state index contributed by atoms with van der Waals surface area (Å²) in [4.78, 5) is 34.3. The lowest BCUT2D eigenvalue weighted by Crippen LogP contribution is -2.40. The largest absolute Gasteiger partial charge is 0.468 e. The molecule has 0 radical (unpaired) electrons. The van der Waals surface area contributed by atoms with Gasteiger partial charge in [-0.05, 0) is 26.2 Å². The molecule has 0 saturated carbocycles. The highest BCUT2D eigenvalue weighted by Crippen LogP contribution is 2.32. The summed E-state index contributed by atoms with van der Waals surface area (Å²) in [6.07, 6.45) is 5.37. The second-order valence-electron chi connectivity index (χ2n) is 4.52. The molecule has 0 atom stereocenters. The van der Waals surface area contributed by atoms with Crippen LogP contribution in [0.3, 0.4) is 0 Å². The van der Waals surface area contributed by atoms with Crippen molar-refractivity contribution in [2.45, 2.75) is 32.6 Å². The molecular weight excluding hydrogens is 260 g/mol. The van der Waals surface area contributed by atoms with Gasteiger partial charge >= 0.3 is 11.9 Å². The summed E-state index contributed by atoms with van der Waals surface area (Å²) in [5.74, 6) is -1.30. The van der Waals surface area contributed by atoms with Crippen molar-refractivity contribution in [3.8, 4) is 0 Å². The van der Waals surface area contributed by atoms with E-state index in [9.17, 15) is 14.4 Å². The summed E-state index contributed by atoms with van der Waals surface area (Å²) in [6, 6.07) is 0. The van der Waals surface area contributed by atoms with Crippen LogP contribution in [-0.2, 0) is 23.9 Å². The normalized spacial score (nSPS) is 11.7. The van der Waals surface area contributed by atoms with Crippen molar-refractivity contribution in [3.05, 3.63) is 24.3 Å². The minimum Gasteiger partial charge on any atom is -0.468 e. The summed E-state index contributed by atoms with van der Waals surface area (Å²) in [5.41, 5.74) is -0.480. The molecule has 0 aliphatic heterocycles. The van der Waals surface area contributed by atoms with Gasteiger partial charge < -0.3 is 14.3 Å². The van der Waals surface area contributed by atoms with E-state index in [2.05, 4.69) is 6.58 Å². The van der Waals surface area contributed by atoms with Gasteiger partial charge in [0.2, 0.25) is 0 Å². The number of rotatable bonds is 9. The second-order valence-corrected chi connectivity index (χ2v) is 4.52. The van der Waals surface area contributed by atoms with Crippen LogP contribution in [0.5, 0.6) is 0 Å². The van der Waals surface area contributed by atoms with Crippen LogP contribution in [0.4, 0.5) is 0 Å². The fourth-order valence-electron chi connectivity index (χ4n) is 1.87. The van der Waals surface area contributed by atoms with Crippen LogP contribution in [-0.4, -0.2) is 32.4 Å². The predicted octanol–water partition coefficient (Wildman–Crippen LogP) is 2.21. The highest BCUT2D eigenvalue weighted by molar-refractivity contribution is 6.00. The molecule has 20 heavy (non-hydrogen) atoms. The van der Waals surface area contributed by atoms with Crippen LogP contribution in [0.2, 0.25) is 0 Å². The maximum Gasteiger partial charge on any atom is 0.323 e. The van der Waals surface area contributed by atoms with Crippen molar-refractivity contribution in [3.63, 3.8) is 0 Å². The highest BCUT2D eigenvalue weighted by atomic mass is 16.5. The van der Waals surface area contributed by atoms with Crippen LogP contribution in [0.15, 0.2) is 24.3 Å². The summed E-state index contributed by atoms with van der Waals surface area (Å²) in [7, 11) is 2.46. The predicted molar refractivity (Wildman–Crippen MR) is 75.0 cm³/mol. The Morgan fingerprint density at radius 1 is 1.15 bits per heavy atom. The summed E-state index contributed by atoms with van der Waals surface area (Å²) in [5, 5.41) is 0. The number of carbonyl (C=O) groups is 3. The van der Waals surface area contributed by atoms with Crippen molar-refractivity contribution < 1.29 is 23.9 Å². The molecule has 0 rings (SSSR count). The SMILES string of the molecule is C=CCC(C/C=C(\C)CCC=O)(C(=O)OC)C(=O)OC. The van der Waals surface area contributed by atoms with E-state index in [1.807, 2.05) is 6.92 Å².